The summed E-state index contributed by atoms with van der Waals surface area (Å²) in [6, 6.07) is 6.58. The summed E-state index contributed by atoms with van der Waals surface area (Å²) in [4.78, 5) is 6.73. The van der Waals surface area contributed by atoms with E-state index in [1.165, 1.54) is 0 Å². The summed E-state index contributed by atoms with van der Waals surface area (Å²) in [7, 11) is 0. The third-order valence-corrected chi connectivity index (χ3v) is 2.67. The molecule has 2 nitrogen and oxygen atoms in total. The Bertz CT molecular complexity index is 262. The molecule has 3 heteroatoms. The van der Waals surface area contributed by atoms with Crippen LogP contribution in [0.1, 0.15) is 26.0 Å². The van der Waals surface area contributed by atoms with Crippen molar-refractivity contribution < 1.29 is 0 Å². The Morgan fingerprint density at radius 1 is 1.40 bits per heavy atom. The number of nitrogens with zero attached hydrogens (tertiary/aromatic N) is 2. The highest BCUT2D eigenvalue weighted by Gasteiger charge is 2.09. The van der Waals surface area contributed by atoms with E-state index < -0.39 is 0 Å². The van der Waals surface area contributed by atoms with Crippen LogP contribution < -0.4 is 0 Å². The molecule has 1 aromatic rings. The molecule has 84 valence electrons. The van der Waals surface area contributed by atoms with Crippen molar-refractivity contribution in [2.75, 3.05) is 12.4 Å². The van der Waals surface area contributed by atoms with Crippen molar-refractivity contribution >= 4 is 11.6 Å². The maximum Gasteiger partial charge on any atom is 0.0544 e. The quantitative estimate of drug-likeness (QED) is 0.694. The molecule has 0 saturated heterocycles. The number of pyridine rings is 1. The molecule has 1 heterocycles. The molecule has 0 N–H and O–H groups in total. The van der Waals surface area contributed by atoms with Gasteiger partial charge in [0.05, 0.1) is 5.69 Å². The third kappa shape index (κ3) is 4.63. The maximum atomic E-state index is 5.71. The normalized spacial score (nSPS) is 11.3. The van der Waals surface area contributed by atoms with Gasteiger partial charge in [-0.05, 0) is 38.9 Å². The van der Waals surface area contributed by atoms with Gasteiger partial charge in [0.1, 0.15) is 0 Å². The van der Waals surface area contributed by atoms with E-state index >= 15 is 0 Å². The van der Waals surface area contributed by atoms with E-state index in [2.05, 4.69) is 29.8 Å². The van der Waals surface area contributed by atoms with Crippen molar-refractivity contribution in [1.29, 1.82) is 0 Å². The number of hydrogen-bond acceptors (Lipinski definition) is 2. The van der Waals surface area contributed by atoms with E-state index in [0.717, 1.165) is 31.1 Å². The fourth-order valence-electron chi connectivity index (χ4n) is 1.48. The summed E-state index contributed by atoms with van der Waals surface area (Å²) in [5.74, 6) is 0.728. The molecular weight excluding hydrogens is 208 g/mol. The minimum Gasteiger partial charge on any atom is -0.295 e. The number of aromatic nitrogens is 1. The molecule has 0 aliphatic rings. The Labute approximate surface area is 97.3 Å². The van der Waals surface area contributed by atoms with Gasteiger partial charge in [-0.25, -0.2) is 0 Å². The lowest BCUT2D eigenvalue weighted by atomic mass is 10.2. The van der Waals surface area contributed by atoms with Crippen LogP contribution in [0.15, 0.2) is 24.4 Å². The first-order valence-electron chi connectivity index (χ1n) is 5.44. The zero-order chi connectivity index (χ0) is 11.1. The summed E-state index contributed by atoms with van der Waals surface area (Å²) in [6.45, 7) is 6.36. The largest absolute Gasteiger partial charge is 0.295 e. The van der Waals surface area contributed by atoms with E-state index in [-0.39, 0.29) is 0 Å². The highest BCUT2D eigenvalue weighted by Crippen LogP contribution is 2.06. The molecule has 0 amide bonds. The fourth-order valence-corrected chi connectivity index (χ4v) is 1.60. The predicted molar refractivity (Wildman–Crippen MR) is 65.1 cm³/mol. The highest BCUT2D eigenvalue weighted by atomic mass is 35.5. The van der Waals surface area contributed by atoms with E-state index in [9.17, 15) is 0 Å². The molecule has 0 radical (unpaired) electrons. The summed E-state index contributed by atoms with van der Waals surface area (Å²) in [5.41, 5.74) is 1.13. The lowest BCUT2D eigenvalue weighted by Gasteiger charge is -2.25. The third-order valence-electron chi connectivity index (χ3n) is 2.40. The van der Waals surface area contributed by atoms with Gasteiger partial charge in [0, 0.05) is 24.7 Å². The minimum absolute atomic E-state index is 0.537. The van der Waals surface area contributed by atoms with Crippen LogP contribution in [0.25, 0.3) is 0 Å². The highest BCUT2D eigenvalue weighted by molar-refractivity contribution is 6.17. The van der Waals surface area contributed by atoms with Crippen LogP contribution in [-0.4, -0.2) is 28.4 Å². The minimum atomic E-state index is 0.537. The molecule has 1 rings (SSSR count). The van der Waals surface area contributed by atoms with Crippen molar-refractivity contribution in [2.24, 2.45) is 0 Å². The van der Waals surface area contributed by atoms with E-state index in [4.69, 9.17) is 11.6 Å². The van der Waals surface area contributed by atoms with Crippen LogP contribution in [0.3, 0.4) is 0 Å². The smallest absolute Gasteiger partial charge is 0.0544 e. The predicted octanol–water partition coefficient (Wildman–Crippen LogP) is 2.92. The molecule has 0 aliphatic carbocycles. The van der Waals surface area contributed by atoms with Crippen molar-refractivity contribution in [3.05, 3.63) is 30.1 Å². The monoisotopic (exact) mass is 226 g/mol. The van der Waals surface area contributed by atoms with Crippen LogP contribution >= 0.6 is 11.6 Å². The number of alkyl halides is 1. The molecule has 0 atom stereocenters. The van der Waals surface area contributed by atoms with Crippen molar-refractivity contribution in [3.8, 4) is 0 Å². The van der Waals surface area contributed by atoms with E-state index in [1.807, 2.05) is 18.3 Å². The number of hydrogen-bond donors (Lipinski definition) is 0. The lowest BCUT2D eigenvalue weighted by molar-refractivity contribution is 0.211. The van der Waals surface area contributed by atoms with Gasteiger partial charge in [-0.15, -0.1) is 11.6 Å². The van der Waals surface area contributed by atoms with Crippen molar-refractivity contribution in [3.63, 3.8) is 0 Å². The van der Waals surface area contributed by atoms with Crippen molar-refractivity contribution in [2.45, 2.75) is 32.9 Å². The second kappa shape index (κ2) is 6.81. The van der Waals surface area contributed by atoms with Gasteiger partial charge in [0.15, 0.2) is 0 Å². The second-order valence-corrected chi connectivity index (χ2v) is 4.31. The molecule has 0 spiro atoms. The first-order valence-corrected chi connectivity index (χ1v) is 5.97. The van der Waals surface area contributed by atoms with Gasteiger partial charge in [0.25, 0.3) is 0 Å². The molecule has 0 bridgehead atoms. The summed E-state index contributed by atoms with van der Waals surface area (Å²) >= 11 is 5.71. The van der Waals surface area contributed by atoms with Gasteiger partial charge in [-0.2, -0.15) is 0 Å². The zero-order valence-corrected chi connectivity index (χ0v) is 10.2. The van der Waals surface area contributed by atoms with Gasteiger partial charge in [0.2, 0.25) is 0 Å². The molecule has 15 heavy (non-hydrogen) atoms. The van der Waals surface area contributed by atoms with Crippen molar-refractivity contribution in [1.82, 2.24) is 9.88 Å². The molecule has 0 unspecified atom stereocenters. The lowest BCUT2D eigenvalue weighted by Crippen LogP contribution is -2.31. The fraction of sp³-hybridized carbons (Fsp3) is 0.583. The van der Waals surface area contributed by atoms with E-state index in [0.29, 0.717) is 6.04 Å². The van der Waals surface area contributed by atoms with Gasteiger partial charge in [-0.1, -0.05) is 6.07 Å². The summed E-state index contributed by atoms with van der Waals surface area (Å²) in [6.07, 6.45) is 2.88. The standard InChI is InChI=1S/C12H19ClN2/c1-11(2)15(9-5-7-13)10-12-6-3-4-8-14-12/h3-4,6,8,11H,5,7,9-10H2,1-2H3. The topological polar surface area (TPSA) is 16.1 Å². The Balaban J connectivity index is 2.51. The van der Waals surface area contributed by atoms with Crippen LogP contribution in [-0.2, 0) is 6.54 Å². The van der Waals surface area contributed by atoms with Crippen LogP contribution in [0, 0.1) is 0 Å². The molecular formula is C12H19ClN2. The Kier molecular flexibility index (Phi) is 5.66. The van der Waals surface area contributed by atoms with Gasteiger partial charge in [-0.3, -0.25) is 9.88 Å². The Hall–Kier alpha value is -0.600. The summed E-state index contributed by atoms with van der Waals surface area (Å²) in [5, 5.41) is 0. The average molecular weight is 227 g/mol. The molecule has 1 aromatic heterocycles. The Morgan fingerprint density at radius 2 is 2.20 bits per heavy atom. The molecule has 0 aromatic carbocycles. The molecule has 0 saturated carbocycles. The Morgan fingerprint density at radius 3 is 2.73 bits per heavy atom. The van der Waals surface area contributed by atoms with Gasteiger partial charge < -0.3 is 0 Å². The maximum absolute atomic E-state index is 5.71. The summed E-state index contributed by atoms with van der Waals surface area (Å²) < 4.78 is 0. The van der Waals surface area contributed by atoms with Crippen LogP contribution in [0.4, 0.5) is 0 Å². The van der Waals surface area contributed by atoms with E-state index in [1.54, 1.807) is 0 Å². The average Bonchev–Trinajstić information content (AvgIpc) is 2.25. The molecule has 0 fully saturated rings. The zero-order valence-electron chi connectivity index (χ0n) is 9.49. The number of halogens is 1. The SMILES string of the molecule is CC(C)N(CCCCl)Cc1ccccn1. The van der Waals surface area contributed by atoms with Crippen LogP contribution in [0.5, 0.6) is 0 Å². The van der Waals surface area contributed by atoms with Crippen LogP contribution in [0.2, 0.25) is 0 Å². The second-order valence-electron chi connectivity index (χ2n) is 3.93. The first kappa shape index (κ1) is 12.5. The first-order chi connectivity index (χ1) is 7.24. The number of rotatable bonds is 6. The van der Waals surface area contributed by atoms with Gasteiger partial charge >= 0.3 is 0 Å². The molecule has 0 aliphatic heterocycles.